The van der Waals surface area contributed by atoms with Gasteiger partial charge in [-0.3, -0.25) is 4.98 Å². The lowest BCUT2D eigenvalue weighted by Crippen LogP contribution is -2.13. The van der Waals surface area contributed by atoms with Gasteiger partial charge < -0.3 is 10.2 Å². The van der Waals surface area contributed by atoms with Gasteiger partial charge in [0.2, 0.25) is 0 Å². The van der Waals surface area contributed by atoms with E-state index in [1.54, 1.807) is 12.4 Å². The van der Waals surface area contributed by atoms with Crippen molar-refractivity contribution in [3.8, 4) is 0 Å². The van der Waals surface area contributed by atoms with Crippen molar-refractivity contribution >= 4 is 17.3 Å². The average Bonchev–Trinajstić information content (AvgIpc) is 2.37. The fourth-order valence-corrected chi connectivity index (χ4v) is 2.06. The number of aryl methyl sites for hydroxylation is 2. The summed E-state index contributed by atoms with van der Waals surface area (Å²) < 4.78 is 0. The van der Waals surface area contributed by atoms with Crippen LogP contribution in [0.2, 0.25) is 0 Å². The first-order chi connectivity index (χ1) is 9.10. The van der Waals surface area contributed by atoms with E-state index >= 15 is 0 Å². The van der Waals surface area contributed by atoms with E-state index < -0.39 is 0 Å². The molecule has 0 aliphatic carbocycles. The standard InChI is InChI=1S/C15H20N4/c1-5-17-14-9-16-10-15(18-14)19(4)13-7-11(2)6-12(3)8-13/h6-10H,5H2,1-4H3,(H,17,18). The van der Waals surface area contributed by atoms with E-state index in [0.29, 0.717) is 0 Å². The lowest BCUT2D eigenvalue weighted by atomic mass is 10.1. The van der Waals surface area contributed by atoms with Gasteiger partial charge in [-0.15, -0.1) is 0 Å². The Morgan fingerprint density at radius 2 is 1.79 bits per heavy atom. The number of aromatic nitrogens is 2. The molecule has 0 saturated carbocycles. The molecule has 1 heterocycles. The molecule has 0 bridgehead atoms. The second-order valence-corrected chi connectivity index (χ2v) is 4.70. The van der Waals surface area contributed by atoms with Crippen LogP contribution in [0.5, 0.6) is 0 Å². The van der Waals surface area contributed by atoms with Crippen LogP contribution < -0.4 is 10.2 Å². The van der Waals surface area contributed by atoms with Gasteiger partial charge in [-0.05, 0) is 44.0 Å². The van der Waals surface area contributed by atoms with Gasteiger partial charge in [0, 0.05) is 19.3 Å². The fourth-order valence-electron chi connectivity index (χ4n) is 2.06. The molecule has 2 aromatic rings. The van der Waals surface area contributed by atoms with Crippen LogP contribution in [-0.2, 0) is 0 Å². The summed E-state index contributed by atoms with van der Waals surface area (Å²) in [6.07, 6.45) is 3.51. The molecule has 0 atom stereocenters. The monoisotopic (exact) mass is 256 g/mol. The van der Waals surface area contributed by atoms with E-state index in [1.165, 1.54) is 11.1 Å². The molecule has 0 radical (unpaired) electrons. The van der Waals surface area contributed by atoms with Crippen LogP contribution in [0.25, 0.3) is 0 Å². The molecule has 0 saturated heterocycles. The third-order valence-corrected chi connectivity index (χ3v) is 2.92. The van der Waals surface area contributed by atoms with Gasteiger partial charge in [0.1, 0.15) is 5.82 Å². The summed E-state index contributed by atoms with van der Waals surface area (Å²) in [7, 11) is 2.01. The van der Waals surface area contributed by atoms with Crippen molar-refractivity contribution in [3.05, 3.63) is 41.7 Å². The number of nitrogens with zero attached hydrogens (tertiary/aromatic N) is 3. The van der Waals surface area contributed by atoms with Crippen molar-refractivity contribution in [2.24, 2.45) is 0 Å². The van der Waals surface area contributed by atoms with Gasteiger partial charge in [-0.1, -0.05) is 6.07 Å². The predicted molar refractivity (Wildman–Crippen MR) is 80.2 cm³/mol. The molecule has 0 aliphatic heterocycles. The van der Waals surface area contributed by atoms with Crippen LogP contribution >= 0.6 is 0 Å². The first-order valence-corrected chi connectivity index (χ1v) is 6.48. The molecule has 19 heavy (non-hydrogen) atoms. The number of anilines is 3. The van der Waals surface area contributed by atoms with Crippen LogP contribution in [0.1, 0.15) is 18.1 Å². The molecule has 0 unspecified atom stereocenters. The first kappa shape index (κ1) is 13.3. The fraction of sp³-hybridized carbons (Fsp3) is 0.333. The number of rotatable bonds is 4. The van der Waals surface area contributed by atoms with Gasteiger partial charge in [0.25, 0.3) is 0 Å². The lowest BCUT2D eigenvalue weighted by molar-refractivity contribution is 1.06. The summed E-state index contributed by atoms with van der Waals surface area (Å²) in [6.45, 7) is 7.09. The number of nitrogens with one attached hydrogen (secondary N) is 1. The van der Waals surface area contributed by atoms with E-state index in [4.69, 9.17) is 0 Å². The summed E-state index contributed by atoms with van der Waals surface area (Å²) in [5.41, 5.74) is 3.62. The molecule has 4 nitrogen and oxygen atoms in total. The Morgan fingerprint density at radius 1 is 1.11 bits per heavy atom. The van der Waals surface area contributed by atoms with Gasteiger partial charge in [0.15, 0.2) is 5.82 Å². The molecular weight excluding hydrogens is 236 g/mol. The van der Waals surface area contributed by atoms with Gasteiger partial charge in [-0.2, -0.15) is 0 Å². The Labute approximate surface area is 114 Å². The van der Waals surface area contributed by atoms with Crippen LogP contribution in [0.4, 0.5) is 17.3 Å². The first-order valence-electron chi connectivity index (χ1n) is 6.48. The van der Waals surface area contributed by atoms with Crippen molar-refractivity contribution in [1.82, 2.24) is 9.97 Å². The van der Waals surface area contributed by atoms with E-state index in [2.05, 4.69) is 47.3 Å². The van der Waals surface area contributed by atoms with E-state index in [-0.39, 0.29) is 0 Å². The summed E-state index contributed by atoms with van der Waals surface area (Å²) >= 11 is 0. The van der Waals surface area contributed by atoms with Crippen molar-refractivity contribution in [3.63, 3.8) is 0 Å². The third-order valence-electron chi connectivity index (χ3n) is 2.92. The Morgan fingerprint density at radius 3 is 2.42 bits per heavy atom. The van der Waals surface area contributed by atoms with Crippen LogP contribution in [0.3, 0.4) is 0 Å². The third kappa shape index (κ3) is 3.22. The minimum absolute atomic E-state index is 0.802. The molecule has 0 aliphatic rings. The normalized spacial score (nSPS) is 10.3. The summed E-state index contributed by atoms with van der Waals surface area (Å²) in [6, 6.07) is 6.46. The van der Waals surface area contributed by atoms with Gasteiger partial charge >= 0.3 is 0 Å². The lowest BCUT2D eigenvalue weighted by Gasteiger charge is -2.19. The zero-order valence-electron chi connectivity index (χ0n) is 11.9. The molecule has 0 amide bonds. The minimum atomic E-state index is 0.802. The highest BCUT2D eigenvalue weighted by molar-refractivity contribution is 5.61. The molecule has 1 aromatic heterocycles. The van der Waals surface area contributed by atoms with Crippen LogP contribution in [-0.4, -0.2) is 23.6 Å². The number of benzene rings is 1. The minimum Gasteiger partial charge on any atom is -0.369 e. The summed E-state index contributed by atoms with van der Waals surface area (Å²) in [4.78, 5) is 10.8. The Balaban J connectivity index is 2.32. The van der Waals surface area contributed by atoms with Crippen molar-refractivity contribution in [2.45, 2.75) is 20.8 Å². The Bertz CT molecular complexity index is 546. The zero-order chi connectivity index (χ0) is 13.8. The van der Waals surface area contributed by atoms with E-state index in [1.807, 2.05) is 18.9 Å². The van der Waals surface area contributed by atoms with Crippen molar-refractivity contribution in [1.29, 1.82) is 0 Å². The van der Waals surface area contributed by atoms with Crippen LogP contribution in [0, 0.1) is 13.8 Å². The topological polar surface area (TPSA) is 41.1 Å². The largest absolute Gasteiger partial charge is 0.369 e. The maximum absolute atomic E-state index is 4.55. The van der Waals surface area contributed by atoms with E-state index in [9.17, 15) is 0 Å². The molecule has 1 N–H and O–H groups in total. The maximum atomic E-state index is 4.55. The summed E-state index contributed by atoms with van der Waals surface area (Å²) in [5.74, 6) is 1.64. The predicted octanol–water partition coefficient (Wildman–Crippen LogP) is 3.29. The Kier molecular flexibility index (Phi) is 4.00. The maximum Gasteiger partial charge on any atom is 0.153 e. The van der Waals surface area contributed by atoms with Gasteiger partial charge in [-0.25, -0.2) is 4.98 Å². The molecule has 0 fully saturated rings. The SMILES string of the molecule is CCNc1cncc(N(C)c2cc(C)cc(C)c2)n1. The number of hydrogen-bond acceptors (Lipinski definition) is 4. The number of hydrogen-bond donors (Lipinski definition) is 1. The molecule has 4 heteroatoms. The summed E-state index contributed by atoms with van der Waals surface area (Å²) in [5, 5.41) is 3.18. The molecular formula is C15H20N4. The van der Waals surface area contributed by atoms with Crippen LogP contribution in [0.15, 0.2) is 30.6 Å². The van der Waals surface area contributed by atoms with E-state index in [0.717, 1.165) is 23.9 Å². The van der Waals surface area contributed by atoms with Crippen molar-refractivity contribution < 1.29 is 0 Å². The van der Waals surface area contributed by atoms with Crippen molar-refractivity contribution in [2.75, 3.05) is 23.8 Å². The zero-order valence-corrected chi connectivity index (χ0v) is 11.9. The second kappa shape index (κ2) is 5.69. The smallest absolute Gasteiger partial charge is 0.153 e. The highest BCUT2D eigenvalue weighted by Gasteiger charge is 2.07. The molecule has 1 aromatic carbocycles. The quantitative estimate of drug-likeness (QED) is 0.911. The highest BCUT2D eigenvalue weighted by atomic mass is 15.2. The Hall–Kier alpha value is -2.10. The second-order valence-electron chi connectivity index (χ2n) is 4.70. The molecule has 2 rings (SSSR count). The average molecular weight is 256 g/mol. The van der Waals surface area contributed by atoms with Gasteiger partial charge in [0.05, 0.1) is 12.4 Å². The highest BCUT2D eigenvalue weighted by Crippen LogP contribution is 2.24. The molecule has 100 valence electrons. The molecule has 0 spiro atoms.